The van der Waals surface area contributed by atoms with E-state index in [2.05, 4.69) is 20.7 Å². The van der Waals surface area contributed by atoms with Crippen LogP contribution >= 0.6 is 38.9 Å². The minimum absolute atomic E-state index is 0.247. The predicted molar refractivity (Wildman–Crippen MR) is 71.7 cm³/mol. The third-order valence-corrected chi connectivity index (χ3v) is 6.16. The summed E-state index contributed by atoms with van der Waals surface area (Å²) in [5.74, 6) is 0.406. The molecule has 1 rings (SSSR count). The Bertz CT molecular complexity index is 456. The van der Waals surface area contributed by atoms with Crippen LogP contribution in [0.2, 0.25) is 0 Å². The second-order valence-electron chi connectivity index (χ2n) is 4.18. The molecule has 0 bridgehead atoms. The van der Waals surface area contributed by atoms with Gasteiger partial charge >= 0.3 is 0 Å². The molecule has 0 aromatic carbocycles. The Morgan fingerprint density at radius 3 is 2.56 bits per heavy atom. The minimum Gasteiger partial charge on any atom is -0.210 e. The van der Waals surface area contributed by atoms with Crippen LogP contribution in [-0.4, -0.2) is 20.8 Å². The van der Waals surface area contributed by atoms with Crippen LogP contribution in [0.25, 0.3) is 0 Å². The average Bonchev–Trinajstić information content (AvgIpc) is 2.63. The molecule has 0 atom stereocenters. The molecule has 0 saturated heterocycles. The molecule has 1 aromatic heterocycles. The van der Waals surface area contributed by atoms with Gasteiger partial charge in [-0.05, 0) is 33.5 Å². The standard InChI is InChI=1S/C9H13BrClNO2S2/c1-9(2,5-11)6-12-16(13,14)8-4-3-7(10)15-8/h3-4,12H,5-6H2,1-2H3. The van der Waals surface area contributed by atoms with Gasteiger partial charge in [0.15, 0.2) is 0 Å². The highest BCUT2D eigenvalue weighted by molar-refractivity contribution is 9.11. The third-order valence-electron chi connectivity index (χ3n) is 1.92. The van der Waals surface area contributed by atoms with Crippen LogP contribution in [0.15, 0.2) is 20.1 Å². The van der Waals surface area contributed by atoms with Gasteiger partial charge in [-0.15, -0.1) is 22.9 Å². The van der Waals surface area contributed by atoms with Crippen molar-refractivity contribution >= 4 is 48.9 Å². The molecule has 1 heterocycles. The molecule has 0 aliphatic carbocycles. The van der Waals surface area contributed by atoms with Gasteiger partial charge in [0.2, 0.25) is 10.0 Å². The van der Waals surface area contributed by atoms with Crippen LogP contribution < -0.4 is 4.72 Å². The molecule has 0 spiro atoms. The van der Waals surface area contributed by atoms with Crippen molar-refractivity contribution in [2.45, 2.75) is 18.1 Å². The largest absolute Gasteiger partial charge is 0.250 e. The summed E-state index contributed by atoms with van der Waals surface area (Å²) in [5.41, 5.74) is -0.247. The van der Waals surface area contributed by atoms with Crippen LogP contribution in [0.3, 0.4) is 0 Å². The van der Waals surface area contributed by atoms with Gasteiger partial charge in [0, 0.05) is 12.4 Å². The van der Waals surface area contributed by atoms with Crippen molar-refractivity contribution in [1.82, 2.24) is 4.72 Å². The van der Waals surface area contributed by atoms with Crippen LogP contribution in [0.5, 0.6) is 0 Å². The van der Waals surface area contributed by atoms with E-state index < -0.39 is 10.0 Å². The zero-order valence-electron chi connectivity index (χ0n) is 8.96. The van der Waals surface area contributed by atoms with Crippen molar-refractivity contribution < 1.29 is 8.42 Å². The van der Waals surface area contributed by atoms with Crippen molar-refractivity contribution in [3.8, 4) is 0 Å². The molecule has 0 saturated carbocycles. The van der Waals surface area contributed by atoms with E-state index in [9.17, 15) is 8.42 Å². The van der Waals surface area contributed by atoms with E-state index in [1.807, 2.05) is 13.8 Å². The zero-order valence-corrected chi connectivity index (χ0v) is 12.9. The lowest BCUT2D eigenvalue weighted by molar-refractivity contribution is 0.414. The number of nitrogens with one attached hydrogen (secondary N) is 1. The maximum Gasteiger partial charge on any atom is 0.250 e. The predicted octanol–water partition coefficient (Wildman–Crippen LogP) is 3.05. The molecule has 7 heteroatoms. The van der Waals surface area contributed by atoms with E-state index in [4.69, 9.17) is 11.6 Å². The Morgan fingerprint density at radius 2 is 2.12 bits per heavy atom. The Labute approximate surface area is 113 Å². The fourth-order valence-electron chi connectivity index (χ4n) is 0.851. The smallest absolute Gasteiger partial charge is 0.210 e. The van der Waals surface area contributed by atoms with Gasteiger partial charge < -0.3 is 0 Å². The van der Waals surface area contributed by atoms with Crippen LogP contribution in [0.4, 0.5) is 0 Å². The fraction of sp³-hybridized carbons (Fsp3) is 0.556. The lowest BCUT2D eigenvalue weighted by atomic mass is 9.97. The van der Waals surface area contributed by atoms with E-state index in [1.54, 1.807) is 12.1 Å². The van der Waals surface area contributed by atoms with Gasteiger partial charge in [-0.2, -0.15) is 0 Å². The maximum atomic E-state index is 11.8. The quantitative estimate of drug-likeness (QED) is 0.833. The molecule has 3 nitrogen and oxygen atoms in total. The molecule has 0 radical (unpaired) electrons. The SMILES string of the molecule is CC(C)(CCl)CNS(=O)(=O)c1ccc(Br)s1. The number of rotatable bonds is 5. The Balaban J connectivity index is 2.74. The molecule has 92 valence electrons. The lowest BCUT2D eigenvalue weighted by Gasteiger charge is -2.21. The molecule has 1 N–H and O–H groups in total. The van der Waals surface area contributed by atoms with Gasteiger partial charge in [0.25, 0.3) is 0 Å². The highest BCUT2D eigenvalue weighted by Gasteiger charge is 2.22. The van der Waals surface area contributed by atoms with Crippen molar-refractivity contribution in [3.63, 3.8) is 0 Å². The molecular formula is C9H13BrClNO2S2. The molecule has 0 unspecified atom stereocenters. The summed E-state index contributed by atoms with van der Waals surface area (Å²) >= 11 is 10.2. The van der Waals surface area contributed by atoms with Crippen LogP contribution in [0.1, 0.15) is 13.8 Å². The van der Waals surface area contributed by atoms with Gasteiger partial charge in [-0.1, -0.05) is 13.8 Å². The van der Waals surface area contributed by atoms with E-state index in [0.717, 1.165) is 3.79 Å². The Kier molecular flexibility index (Phi) is 4.83. The maximum absolute atomic E-state index is 11.8. The summed E-state index contributed by atoms with van der Waals surface area (Å²) < 4.78 is 27.3. The monoisotopic (exact) mass is 345 g/mol. The van der Waals surface area contributed by atoms with Crippen molar-refractivity contribution in [2.24, 2.45) is 5.41 Å². The molecule has 1 aromatic rings. The molecule has 0 aliphatic rings. The second kappa shape index (κ2) is 5.35. The third kappa shape index (κ3) is 4.00. The molecule has 0 aliphatic heterocycles. The van der Waals surface area contributed by atoms with E-state index >= 15 is 0 Å². The first kappa shape index (κ1) is 14.4. The minimum atomic E-state index is -3.40. The van der Waals surface area contributed by atoms with E-state index in [-0.39, 0.29) is 5.41 Å². The Morgan fingerprint density at radius 1 is 1.50 bits per heavy atom. The zero-order chi connectivity index (χ0) is 12.4. The average molecular weight is 347 g/mol. The van der Waals surface area contributed by atoms with E-state index in [1.165, 1.54) is 11.3 Å². The lowest BCUT2D eigenvalue weighted by Crippen LogP contribution is -2.34. The number of thiophene rings is 1. The normalized spacial score (nSPS) is 13.0. The topological polar surface area (TPSA) is 46.2 Å². The number of halogens is 2. The first-order valence-electron chi connectivity index (χ1n) is 4.58. The fourth-order valence-corrected chi connectivity index (χ4v) is 4.24. The highest BCUT2D eigenvalue weighted by atomic mass is 79.9. The molecular weight excluding hydrogens is 334 g/mol. The number of sulfonamides is 1. The highest BCUT2D eigenvalue weighted by Crippen LogP contribution is 2.26. The van der Waals surface area contributed by atoms with Gasteiger partial charge in [-0.25, -0.2) is 13.1 Å². The number of alkyl halides is 1. The second-order valence-corrected chi connectivity index (χ2v) is 8.91. The summed E-state index contributed by atoms with van der Waals surface area (Å²) in [4.78, 5) is 0. The number of hydrogen-bond acceptors (Lipinski definition) is 3. The first-order valence-corrected chi connectivity index (χ1v) is 8.20. The van der Waals surface area contributed by atoms with Crippen LogP contribution in [-0.2, 0) is 10.0 Å². The number of hydrogen-bond donors (Lipinski definition) is 1. The van der Waals surface area contributed by atoms with Crippen molar-refractivity contribution in [3.05, 3.63) is 15.9 Å². The molecule has 0 amide bonds. The van der Waals surface area contributed by atoms with Crippen molar-refractivity contribution in [1.29, 1.82) is 0 Å². The summed E-state index contributed by atoms with van der Waals surface area (Å²) in [7, 11) is -3.40. The summed E-state index contributed by atoms with van der Waals surface area (Å²) in [6.07, 6.45) is 0. The summed E-state index contributed by atoms with van der Waals surface area (Å²) in [5, 5.41) is 0. The molecule has 16 heavy (non-hydrogen) atoms. The van der Waals surface area contributed by atoms with Crippen LogP contribution in [0, 0.1) is 5.41 Å². The summed E-state index contributed by atoms with van der Waals surface area (Å²) in [6.45, 7) is 4.15. The van der Waals surface area contributed by atoms with Crippen molar-refractivity contribution in [2.75, 3.05) is 12.4 Å². The van der Waals surface area contributed by atoms with Gasteiger partial charge in [0.1, 0.15) is 4.21 Å². The van der Waals surface area contributed by atoms with Gasteiger partial charge in [-0.3, -0.25) is 0 Å². The Hall–Kier alpha value is 0.380. The first-order chi connectivity index (χ1) is 7.27. The molecule has 0 fully saturated rings. The van der Waals surface area contributed by atoms with E-state index in [0.29, 0.717) is 16.6 Å². The summed E-state index contributed by atoms with van der Waals surface area (Å²) in [6, 6.07) is 3.29. The van der Waals surface area contributed by atoms with Gasteiger partial charge in [0.05, 0.1) is 3.79 Å².